The minimum atomic E-state index is -0.332. The van der Waals surface area contributed by atoms with E-state index in [0.29, 0.717) is 29.0 Å². The van der Waals surface area contributed by atoms with Gasteiger partial charge in [-0.25, -0.2) is 0 Å². The van der Waals surface area contributed by atoms with E-state index in [4.69, 9.17) is 14.7 Å². The summed E-state index contributed by atoms with van der Waals surface area (Å²) in [5, 5.41) is 15.1. The second kappa shape index (κ2) is 7.68. The van der Waals surface area contributed by atoms with E-state index in [1.807, 2.05) is 18.2 Å². The number of rotatable bonds is 5. The molecule has 1 amide bonds. The summed E-state index contributed by atoms with van der Waals surface area (Å²) in [5.74, 6) is 1.13. The normalized spacial score (nSPS) is 11.5. The number of amides is 1. The first kappa shape index (κ1) is 17.4. The van der Waals surface area contributed by atoms with Crippen molar-refractivity contribution in [2.24, 2.45) is 0 Å². The highest BCUT2D eigenvalue weighted by Gasteiger charge is 2.13. The van der Waals surface area contributed by atoms with Crippen LogP contribution in [0, 0.1) is 11.3 Å². The van der Waals surface area contributed by atoms with Crippen molar-refractivity contribution >= 4 is 17.3 Å². The van der Waals surface area contributed by atoms with Crippen molar-refractivity contribution in [3.8, 4) is 17.6 Å². The lowest BCUT2D eigenvalue weighted by Gasteiger charge is -2.10. The van der Waals surface area contributed by atoms with E-state index in [-0.39, 0.29) is 12.7 Å². The van der Waals surface area contributed by atoms with Gasteiger partial charge in [0.1, 0.15) is 6.07 Å². The van der Waals surface area contributed by atoms with Gasteiger partial charge in [-0.05, 0) is 35.9 Å². The minimum absolute atomic E-state index is 0.238. The van der Waals surface area contributed by atoms with Gasteiger partial charge in [0, 0.05) is 18.9 Å². The Bertz CT molecular complexity index is 1080. The van der Waals surface area contributed by atoms with Gasteiger partial charge in [-0.15, -0.1) is 0 Å². The third-order valence-corrected chi connectivity index (χ3v) is 4.23. The van der Waals surface area contributed by atoms with E-state index in [1.54, 1.807) is 36.5 Å². The Morgan fingerprint density at radius 3 is 2.86 bits per heavy atom. The molecule has 1 aliphatic rings. The van der Waals surface area contributed by atoms with Gasteiger partial charge >= 0.3 is 0 Å². The van der Waals surface area contributed by atoms with Crippen LogP contribution in [0.4, 0.5) is 11.4 Å². The average molecular weight is 372 g/mol. The van der Waals surface area contributed by atoms with Crippen LogP contribution >= 0.6 is 0 Å². The number of nitrogens with zero attached hydrogens (tertiary/aromatic N) is 2. The van der Waals surface area contributed by atoms with Gasteiger partial charge in [0.2, 0.25) is 6.79 Å². The van der Waals surface area contributed by atoms with Crippen LogP contribution in [0.5, 0.6) is 11.5 Å². The Hall–Kier alpha value is -4.05. The highest BCUT2D eigenvalue weighted by Crippen LogP contribution is 2.32. The van der Waals surface area contributed by atoms with Gasteiger partial charge in [0.05, 0.1) is 22.5 Å². The summed E-state index contributed by atoms with van der Waals surface area (Å²) in [6.45, 7) is 0.781. The van der Waals surface area contributed by atoms with Crippen molar-refractivity contribution in [3.05, 3.63) is 77.6 Å². The van der Waals surface area contributed by atoms with Crippen LogP contribution in [0.2, 0.25) is 0 Å². The lowest BCUT2D eigenvalue weighted by Crippen LogP contribution is -2.13. The smallest absolute Gasteiger partial charge is 0.257 e. The minimum Gasteiger partial charge on any atom is -0.454 e. The summed E-state index contributed by atoms with van der Waals surface area (Å²) >= 11 is 0. The SMILES string of the molecule is N#Cc1ccccc1NC(=O)c1cncc(NCc2ccc3c(c2)OCO3)c1. The zero-order chi connectivity index (χ0) is 19.3. The zero-order valence-electron chi connectivity index (χ0n) is 14.8. The molecule has 2 aromatic carbocycles. The molecule has 0 atom stereocenters. The summed E-state index contributed by atoms with van der Waals surface area (Å²) in [5.41, 5.74) is 2.99. The van der Waals surface area contributed by atoms with Crippen LogP contribution in [0.3, 0.4) is 0 Å². The number of para-hydroxylation sites is 1. The number of aromatic nitrogens is 1. The van der Waals surface area contributed by atoms with E-state index in [0.717, 1.165) is 17.1 Å². The lowest BCUT2D eigenvalue weighted by molar-refractivity contribution is 0.102. The second-order valence-corrected chi connectivity index (χ2v) is 6.11. The van der Waals surface area contributed by atoms with E-state index < -0.39 is 0 Å². The standard InChI is InChI=1S/C21H16N4O3/c22-9-15-3-1-2-4-18(15)25-21(26)16-8-17(12-23-11-16)24-10-14-5-6-19-20(7-14)28-13-27-19/h1-8,11-12,24H,10,13H2,(H,25,26). The zero-order valence-corrected chi connectivity index (χ0v) is 14.8. The number of pyridine rings is 1. The molecule has 4 rings (SSSR count). The molecule has 0 aliphatic carbocycles. The molecule has 0 radical (unpaired) electrons. The van der Waals surface area contributed by atoms with Gasteiger partial charge in [-0.2, -0.15) is 5.26 Å². The Balaban J connectivity index is 1.44. The number of hydrogen-bond donors (Lipinski definition) is 2. The summed E-state index contributed by atoms with van der Waals surface area (Å²) in [7, 11) is 0. The maximum atomic E-state index is 12.5. The third kappa shape index (κ3) is 3.71. The maximum absolute atomic E-state index is 12.5. The fourth-order valence-corrected chi connectivity index (χ4v) is 2.80. The van der Waals surface area contributed by atoms with Crippen molar-refractivity contribution in [1.29, 1.82) is 5.26 Å². The van der Waals surface area contributed by atoms with Gasteiger partial charge in [0.15, 0.2) is 11.5 Å². The second-order valence-electron chi connectivity index (χ2n) is 6.11. The van der Waals surface area contributed by atoms with Crippen molar-refractivity contribution < 1.29 is 14.3 Å². The summed E-state index contributed by atoms with van der Waals surface area (Å²) in [6.07, 6.45) is 3.13. The topological polar surface area (TPSA) is 96.3 Å². The molecule has 0 bridgehead atoms. The number of fused-ring (bicyclic) bond motifs is 1. The quantitative estimate of drug-likeness (QED) is 0.711. The molecule has 7 heteroatoms. The Morgan fingerprint density at radius 2 is 1.96 bits per heavy atom. The van der Waals surface area contributed by atoms with Crippen molar-refractivity contribution in [1.82, 2.24) is 4.98 Å². The first-order chi connectivity index (χ1) is 13.7. The molecular formula is C21H16N4O3. The third-order valence-electron chi connectivity index (χ3n) is 4.23. The van der Waals surface area contributed by atoms with Crippen molar-refractivity contribution in [2.45, 2.75) is 6.54 Å². The first-order valence-electron chi connectivity index (χ1n) is 8.61. The number of anilines is 2. The van der Waals surface area contributed by atoms with Crippen molar-refractivity contribution in [3.63, 3.8) is 0 Å². The molecule has 0 saturated heterocycles. The predicted octanol–water partition coefficient (Wildman–Crippen LogP) is 3.55. The lowest BCUT2D eigenvalue weighted by atomic mass is 10.1. The molecule has 0 fully saturated rings. The van der Waals surface area contributed by atoms with E-state index >= 15 is 0 Å². The van der Waals surface area contributed by atoms with E-state index in [2.05, 4.69) is 21.7 Å². The van der Waals surface area contributed by atoms with Gasteiger partial charge in [-0.1, -0.05) is 18.2 Å². The van der Waals surface area contributed by atoms with Crippen LogP contribution in [0.15, 0.2) is 60.9 Å². The van der Waals surface area contributed by atoms with Crippen LogP contribution < -0.4 is 20.1 Å². The summed E-state index contributed by atoms with van der Waals surface area (Å²) < 4.78 is 10.7. The van der Waals surface area contributed by atoms with E-state index in [9.17, 15) is 4.79 Å². The molecule has 1 aromatic heterocycles. The Morgan fingerprint density at radius 1 is 1.11 bits per heavy atom. The molecule has 2 N–H and O–H groups in total. The number of benzene rings is 2. The monoisotopic (exact) mass is 372 g/mol. The van der Waals surface area contributed by atoms with Crippen molar-refractivity contribution in [2.75, 3.05) is 17.4 Å². The molecule has 0 saturated carbocycles. The Kier molecular flexibility index (Phi) is 4.76. The van der Waals surface area contributed by atoms with Gasteiger partial charge in [-0.3, -0.25) is 9.78 Å². The fourth-order valence-electron chi connectivity index (χ4n) is 2.80. The van der Waals surface area contributed by atoms with Crippen LogP contribution in [0.1, 0.15) is 21.5 Å². The molecule has 0 unspecified atom stereocenters. The average Bonchev–Trinajstić information content (AvgIpc) is 3.21. The molecule has 7 nitrogen and oxygen atoms in total. The number of ether oxygens (including phenoxy) is 2. The van der Waals surface area contributed by atoms with Crippen LogP contribution in [0.25, 0.3) is 0 Å². The number of nitrogens with one attached hydrogen (secondary N) is 2. The molecule has 2 heterocycles. The van der Waals surface area contributed by atoms with Gasteiger partial charge in [0.25, 0.3) is 5.91 Å². The predicted molar refractivity (Wildman–Crippen MR) is 103 cm³/mol. The molecule has 28 heavy (non-hydrogen) atoms. The fraction of sp³-hybridized carbons (Fsp3) is 0.0952. The summed E-state index contributed by atoms with van der Waals surface area (Å²) in [6, 6.07) is 16.3. The number of nitriles is 1. The first-order valence-corrected chi connectivity index (χ1v) is 8.61. The molecule has 0 spiro atoms. The number of carbonyl (C=O) groups excluding carboxylic acids is 1. The molecule has 1 aliphatic heterocycles. The van der Waals surface area contributed by atoms with Gasteiger partial charge < -0.3 is 20.1 Å². The Labute approximate surface area is 161 Å². The largest absolute Gasteiger partial charge is 0.454 e. The molecular weight excluding hydrogens is 356 g/mol. The molecule has 3 aromatic rings. The molecule has 138 valence electrons. The highest BCUT2D eigenvalue weighted by molar-refractivity contribution is 6.05. The highest BCUT2D eigenvalue weighted by atomic mass is 16.7. The number of carbonyl (C=O) groups is 1. The number of hydrogen-bond acceptors (Lipinski definition) is 6. The maximum Gasteiger partial charge on any atom is 0.257 e. The summed E-state index contributed by atoms with van der Waals surface area (Å²) in [4.78, 5) is 16.6. The van der Waals surface area contributed by atoms with Crippen LogP contribution in [-0.2, 0) is 6.54 Å². The van der Waals surface area contributed by atoms with Crippen LogP contribution in [-0.4, -0.2) is 17.7 Å². The van der Waals surface area contributed by atoms with E-state index in [1.165, 1.54) is 6.20 Å².